The first kappa shape index (κ1) is 13.7. The molecule has 0 amide bonds. The van der Waals surface area contributed by atoms with Crippen molar-refractivity contribution < 1.29 is 5.11 Å². The zero-order chi connectivity index (χ0) is 13.2. The molecule has 1 aromatic rings. The fourth-order valence-corrected chi connectivity index (χ4v) is 1.32. The summed E-state index contributed by atoms with van der Waals surface area (Å²) in [6.07, 6.45) is 0. The molecule has 0 saturated heterocycles. The molecule has 0 fully saturated rings. The molecule has 0 atom stereocenters. The Balaban J connectivity index is 3.14. The highest BCUT2D eigenvalue weighted by Gasteiger charge is 2.24. The van der Waals surface area contributed by atoms with Gasteiger partial charge in [0.1, 0.15) is 17.5 Å². The van der Waals surface area contributed by atoms with Gasteiger partial charge in [-0.15, -0.1) is 0 Å². The summed E-state index contributed by atoms with van der Waals surface area (Å²) in [7, 11) is 1.89. The third-order valence-corrected chi connectivity index (χ3v) is 2.90. The molecule has 5 nitrogen and oxygen atoms in total. The zero-order valence-corrected chi connectivity index (χ0v) is 11.2. The Kier molecular flexibility index (Phi) is 3.93. The summed E-state index contributed by atoms with van der Waals surface area (Å²) in [5.74, 6) is 2.14. The molecule has 0 aliphatic carbocycles. The highest BCUT2D eigenvalue weighted by Crippen LogP contribution is 2.23. The summed E-state index contributed by atoms with van der Waals surface area (Å²) < 4.78 is 0. The number of likely N-dealkylation sites (N-methyl/N-ethyl adjacent to an activating group) is 1. The molecule has 17 heavy (non-hydrogen) atoms. The molecule has 5 heteroatoms. The van der Waals surface area contributed by atoms with E-state index in [-0.39, 0.29) is 18.1 Å². The predicted octanol–water partition coefficient (Wildman–Crippen LogP) is 1.39. The summed E-state index contributed by atoms with van der Waals surface area (Å²) in [6.45, 7) is 7.98. The van der Waals surface area contributed by atoms with Gasteiger partial charge in [-0.25, -0.2) is 9.97 Å². The van der Waals surface area contributed by atoms with Gasteiger partial charge in [-0.3, -0.25) is 0 Å². The first-order chi connectivity index (χ1) is 7.77. The van der Waals surface area contributed by atoms with E-state index in [9.17, 15) is 5.11 Å². The maximum absolute atomic E-state index is 9.36. The first-order valence-corrected chi connectivity index (χ1v) is 5.77. The summed E-state index contributed by atoms with van der Waals surface area (Å²) in [5.41, 5.74) is 5.40. The maximum atomic E-state index is 9.36. The van der Waals surface area contributed by atoms with Crippen molar-refractivity contribution in [1.82, 2.24) is 9.97 Å². The number of aliphatic hydroxyl groups is 1. The Hall–Kier alpha value is -1.36. The number of nitrogens with two attached hydrogens (primary N) is 1. The van der Waals surface area contributed by atoms with Gasteiger partial charge in [0.05, 0.1) is 12.1 Å². The zero-order valence-electron chi connectivity index (χ0n) is 11.2. The molecule has 0 unspecified atom stereocenters. The van der Waals surface area contributed by atoms with E-state index in [0.717, 1.165) is 11.6 Å². The van der Waals surface area contributed by atoms with Crippen LogP contribution in [0.25, 0.3) is 0 Å². The van der Waals surface area contributed by atoms with Gasteiger partial charge >= 0.3 is 0 Å². The van der Waals surface area contributed by atoms with E-state index in [2.05, 4.69) is 9.97 Å². The van der Waals surface area contributed by atoms with Crippen molar-refractivity contribution in [1.29, 1.82) is 0 Å². The minimum atomic E-state index is -0.380. The third kappa shape index (κ3) is 3.06. The van der Waals surface area contributed by atoms with Crippen LogP contribution in [0.2, 0.25) is 0 Å². The van der Waals surface area contributed by atoms with Crippen LogP contribution < -0.4 is 10.6 Å². The SMILES string of the molecule is CC(C)c1nc(N)cc(N(C)C(C)(C)CO)n1. The lowest BCUT2D eigenvalue weighted by atomic mass is 10.1. The molecule has 1 heterocycles. The van der Waals surface area contributed by atoms with E-state index >= 15 is 0 Å². The number of hydrogen-bond acceptors (Lipinski definition) is 5. The number of hydrogen-bond donors (Lipinski definition) is 2. The second-order valence-electron chi connectivity index (χ2n) is 5.19. The molecule has 96 valence electrons. The number of anilines is 2. The Labute approximate surface area is 103 Å². The number of nitrogens with zero attached hydrogens (tertiary/aromatic N) is 3. The molecule has 3 N–H and O–H groups in total. The van der Waals surface area contributed by atoms with Gasteiger partial charge in [0, 0.05) is 19.0 Å². The topological polar surface area (TPSA) is 75.3 Å². The van der Waals surface area contributed by atoms with Gasteiger partial charge in [0.25, 0.3) is 0 Å². The number of aromatic nitrogens is 2. The first-order valence-electron chi connectivity index (χ1n) is 5.77. The molecular formula is C12H22N4O. The van der Waals surface area contributed by atoms with Gasteiger partial charge in [-0.2, -0.15) is 0 Å². The summed E-state index contributed by atoms with van der Waals surface area (Å²) in [4.78, 5) is 10.6. The van der Waals surface area contributed by atoms with Gasteiger partial charge in [0.15, 0.2) is 0 Å². The van der Waals surface area contributed by atoms with Crippen LogP contribution in [0.3, 0.4) is 0 Å². The molecule has 0 bridgehead atoms. The molecule has 0 aliphatic heterocycles. The number of rotatable bonds is 4. The van der Waals surface area contributed by atoms with Crippen molar-refractivity contribution in [3.8, 4) is 0 Å². The Morgan fingerprint density at radius 3 is 2.47 bits per heavy atom. The van der Waals surface area contributed by atoms with Gasteiger partial charge < -0.3 is 15.7 Å². The third-order valence-electron chi connectivity index (χ3n) is 2.90. The fourth-order valence-electron chi connectivity index (χ4n) is 1.32. The van der Waals surface area contributed by atoms with Crippen LogP contribution in [-0.2, 0) is 0 Å². The van der Waals surface area contributed by atoms with Crippen LogP contribution in [0.1, 0.15) is 39.4 Å². The minimum Gasteiger partial charge on any atom is -0.394 e. The molecule has 0 saturated carbocycles. The maximum Gasteiger partial charge on any atom is 0.135 e. The highest BCUT2D eigenvalue weighted by atomic mass is 16.3. The van der Waals surface area contributed by atoms with Gasteiger partial charge in [-0.05, 0) is 13.8 Å². The van der Waals surface area contributed by atoms with E-state index in [4.69, 9.17) is 5.73 Å². The molecule has 0 radical (unpaired) electrons. The highest BCUT2D eigenvalue weighted by molar-refractivity contribution is 5.48. The second-order valence-corrected chi connectivity index (χ2v) is 5.19. The molecular weight excluding hydrogens is 216 g/mol. The van der Waals surface area contributed by atoms with Crippen molar-refractivity contribution in [3.05, 3.63) is 11.9 Å². The standard InChI is InChI=1S/C12H22N4O/c1-8(2)11-14-9(13)6-10(15-11)16(5)12(3,4)7-17/h6,8,17H,7H2,1-5H3,(H2,13,14,15). The van der Waals surface area contributed by atoms with Crippen LogP contribution in [0.5, 0.6) is 0 Å². The average molecular weight is 238 g/mol. The molecule has 0 spiro atoms. The van der Waals surface area contributed by atoms with Gasteiger partial charge in [0.2, 0.25) is 0 Å². The lowest BCUT2D eigenvalue weighted by molar-refractivity contribution is 0.215. The van der Waals surface area contributed by atoms with E-state index in [1.807, 2.05) is 39.6 Å². The monoisotopic (exact) mass is 238 g/mol. The van der Waals surface area contributed by atoms with E-state index < -0.39 is 0 Å². The smallest absolute Gasteiger partial charge is 0.135 e. The Morgan fingerprint density at radius 2 is 2.00 bits per heavy atom. The summed E-state index contributed by atoms with van der Waals surface area (Å²) in [5, 5.41) is 9.36. The number of nitrogen functional groups attached to an aromatic ring is 1. The van der Waals surface area contributed by atoms with Crippen molar-refractivity contribution in [2.24, 2.45) is 0 Å². The minimum absolute atomic E-state index is 0.0461. The summed E-state index contributed by atoms with van der Waals surface area (Å²) in [6, 6.07) is 1.73. The Bertz CT molecular complexity index is 390. The normalized spacial score (nSPS) is 11.9. The van der Waals surface area contributed by atoms with E-state index in [0.29, 0.717) is 5.82 Å². The molecule has 1 rings (SSSR count). The van der Waals surface area contributed by atoms with Crippen molar-refractivity contribution in [3.63, 3.8) is 0 Å². The lowest BCUT2D eigenvalue weighted by Crippen LogP contribution is -2.45. The van der Waals surface area contributed by atoms with Crippen LogP contribution in [0.15, 0.2) is 6.07 Å². The van der Waals surface area contributed by atoms with E-state index in [1.165, 1.54) is 0 Å². The van der Waals surface area contributed by atoms with Crippen LogP contribution in [0.4, 0.5) is 11.6 Å². The number of aliphatic hydroxyl groups excluding tert-OH is 1. The molecule has 0 aliphatic rings. The second kappa shape index (κ2) is 4.87. The van der Waals surface area contributed by atoms with Crippen LogP contribution in [0, 0.1) is 0 Å². The van der Waals surface area contributed by atoms with Gasteiger partial charge in [-0.1, -0.05) is 13.8 Å². The van der Waals surface area contributed by atoms with Crippen molar-refractivity contribution in [2.75, 3.05) is 24.3 Å². The largest absolute Gasteiger partial charge is 0.394 e. The lowest BCUT2D eigenvalue weighted by Gasteiger charge is -2.35. The fraction of sp³-hybridized carbons (Fsp3) is 0.667. The van der Waals surface area contributed by atoms with Crippen molar-refractivity contribution >= 4 is 11.6 Å². The molecule has 0 aromatic carbocycles. The Morgan fingerprint density at radius 1 is 1.41 bits per heavy atom. The summed E-state index contributed by atoms with van der Waals surface area (Å²) >= 11 is 0. The predicted molar refractivity (Wildman–Crippen MR) is 70.1 cm³/mol. The van der Waals surface area contributed by atoms with Crippen LogP contribution >= 0.6 is 0 Å². The van der Waals surface area contributed by atoms with Crippen molar-refractivity contribution in [2.45, 2.75) is 39.2 Å². The molecule has 1 aromatic heterocycles. The quantitative estimate of drug-likeness (QED) is 0.829. The van der Waals surface area contributed by atoms with Crippen LogP contribution in [-0.4, -0.2) is 34.3 Å². The van der Waals surface area contributed by atoms with E-state index in [1.54, 1.807) is 6.07 Å². The average Bonchev–Trinajstić information content (AvgIpc) is 2.27.